The second-order valence-electron chi connectivity index (χ2n) is 8.92. The second-order valence-corrected chi connectivity index (χ2v) is 10.0. The Kier molecular flexibility index (Phi) is 6.39. The van der Waals surface area contributed by atoms with Crippen LogP contribution < -0.4 is 10.5 Å². The van der Waals surface area contributed by atoms with Crippen molar-refractivity contribution < 1.29 is 13.2 Å². The maximum Gasteiger partial charge on any atom is 0.416 e. The summed E-state index contributed by atoms with van der Waals surface area (Å²) in [5.41, 5.74) is 1.19. The van der Waals surface area contributed by atoms with Gasteiger partial charge in [-0.05, 0) is 36.7 Å². The quantitative estimate of drug-likeness (QED) is 0.545. The Bertz CT molecular complexity index is 1230. The van der Waals surface area contributed by atoms with Crippen molar-refractivity contribution in [2.24, 2.45) is 0 Å². The molecule has 3 aromatic rings. The van der Waals surface area contributed by atoms with E-state index in [0.29, 0.717) is 31.9 Å². The van der Waals surface area contributed by atoms with E-state index in [2.05, 4.69) is 21.7 Å². The van der Waals surface area contributed by atoms with Crippen LogP contribution in [-0.2, 0) is 25.7 Å². The molecule has 0 aliphatic carbocycles. The highest BCUT2D eigenvalue weighted by atomic mass is 32.1. The van der Waals surface area contributed by atoms with Gasteiger partial charge in [-0.25, -0.2) is 4.98 Å². The van der Waals surface area contributed by atoms with Gasteiger partial charge in [0.1, 0.15) is 4.83 Å². The average Bonchev–Trinajstić information content (AvgIpc) is 3.22. The predicted molar refractivity (Wildman–Crippen MR) is 129 cm³/mol. The minimum absolute atomic E-state index is 0.0371. The molecule has 10 heteroatoms. The zero-order valence-corrected chi connectivity index (χ0v) is 20.0. The third-order valence-electron chi connectivity index (χ3n) is 6.92. The SMILES string of the molecule is CCN1CCc2c(sc3ncn(CCN4CCN(c5cccc(C(F)(F)F)c5)CC4)c(=O)c23)C1. The molecule has 0 saturated carbocycles. The third-order valence-corrected chi connectivity index (χ3v) is 8.05. The van der Waals surface area contributed by atoms with E-state index in [1.807, 2.05) is 4.90 Å². The molecule has 2 aliphatic rings. The van der Waals surface area contributed by atoms with Gasteiger partial charge in [0.25, 0.3) is 5.56 Å². The lowest BCUT2D eigenvalue weighted by molar-refractivity contribution is -0.137. The molecule has 0 spiro atoms. The number of halogens is 3. The van der Waals surface area contributed by atoms with Gasteiger partial charge in [0, 0.05) is 62.9 Å². The van der Waals surface area contributed by atoms with Crippen LogP contribution in [-0.4, -0.2) is 65.2 Å². The number of nitrogens with zero attached hydrogens (tertiary/aromatic N) is 5. The molecule has 4 heterocycles. The lowest BCUT2D eigenvalue weighted by Gasteiger charge is -2.36. The lowest BCUT2D eigenvalue weighted by Crippen LogP contribution is -2.47. The molecule has 1 saturated heterocycles. The number of rotatable bonds is 5. The number of benzene rings is 1. The average molecular weight is 492 g/mol. The molecule has 182 valence electrons. The Morgan fingerprint density at radius 3 is 2.59 bits per heavy atom. The summed E-state index contributed by atoms with van der Waals surface area (Å²) in [5.74, 6) is 0. The summed E-state index contributed by atoms with van der Waals surface area (Å²) in [4.78, 5) is 26.5. The molecule has 6 nitrogen and oxygen atoms in total. The molecule has 5 rings (SSSR count). The summed E-state index contributed by atoms with van der Waals surface area (Å²) in [7, 11) is 0. The Hall–Kier alpha value is -2.43. The number of hydrogen-bond acceptors (Lipinski definition) is 6. The molecule has 2 aromatic heterocycles. The van der Waals surface area contributed by atoms with Crippen LogP contribution in [0.3, 0.4) is 0 Å². The lowest BCUT2D eigenvalue weighted by atomic mass is 10.1. The van der Waals surface area contributed by atoms with Gasteiger partial charge >= 0.3 is 6.18 Å². The molecular formula is C24H28F3N5OS. The zero-order chi connectivity index (χ0) is 23.9. The van der Waals surface area contributed by atoms with Crippen LogP contribution in [0.15, 0.2) is 35.4 Å². The van der Waals surface area contributed by atoms with Crippen LogP contribution in [0.5, 0.6) is 0 Å². The molecular weight excluding hydrogens is 463 g/mol. The largest absolute Gasteiger partial charge is 0.416 e. The highest BCUT2D eigenvalue weighted by Gasteiger charge is 2.31. The third kappa shape index (κ3) is 4.58. The Morgan fingerprint density at radius 1 is 1.06 bits per heavy atom. The van der Waals surface area contributed by atoms with Gasteiger partial charge in [-0.3, -0.25) is 19.2 Å². The van der Waals surface area contributed by atoms with Gasteiger partial charge in [-0.1, -0.05) is 13.0 Å². The van der Waals surface area contributed by atoms with Crippen LogP contribution in [0.25, 0.3) is 10.2 Å². The van der Waals surface area contributed by atoms with E-state index in [4.69, 9.17) is 0 Å². The minimum atomic E-state index is -4.34. The highest BCUT2D eigenvalue weighted by molar-refractivity contribution is 7.18. The number of fused-ring (bicyclic) bond motifs is 3. The first-order valence-electron chi connectivity index (χ1n) is 11.7. The second kappa shape index (κ2) is 9.31. The number of hydrogen-bond donors (Lipinski definition) is 0. The Balaban J connectivity index is 1.22. The van der Waals surface area contributed by atoms with Crippen molar-refractivity contribution in [3.8, 4) is 0 Å². The standard InChI is InChI=1S/C24H28F3N5OS/c1-2-29-7-6-19-20(15-29)34-22-21(19)23(33)32(16-28-22)13-10-30-8-11-31(12-9-30)18-5-3-4-17(14-18)24(25,26)27/h3-5,14,16H,2,6-13,15H2,1H3. The maximum atomic E-state index is 13.2. The van der Waals surface area contributed by atoms with Gasteiger partial charge in [0.2, 0.25) is 0 Å². The molecule has 34 heavy (non-hydrogen) atoms. The first kappa shape index (κ1) is 23.3. The molecule has 1 aromatic carbocycles. The number of alkyl halides is 3. The molecule has 2 aliphatic heterocycles. The van der Waals surface area contributed by atoms with E-state index in [1.165, 1.54) is 22.6 Å². The first-order valence-corrected chi connectivity index (χ1v) is 12.5. The maximum absolute atomic E-state index is 13.2. The molecule has 1 fully saturated rings. The van der Waals surface area contributed by atoms with Gasteiger partial charge < -0.3 is 4.90 Å². The van der Waals surface area contributed by atoms with Gasteiger partial charge in [0.15, 0.2) is 0 Å². The van der Waals surface area contributed by atoms with E-state index in [-0.39, 0.29) is 5.56 Å². The predicted octanol–water partition coefficient (Wildman–Crippen LogP) is 3.68. The Morgan fingerprint density at radius 2 is 1.85 bits per heavy atom. The fourth-order valence-electron chi connectivity index (χ4n) is 4.86. The summed E-state index contributed by atoms with van der Waals surface area (Å²) in [5, 5.41) is 0.785. The van der Waals surface area contributed by atoms with Crippen LogP contribution in [0.1, 0.15) is 22.9 Å². The van der Waals surface area contributed by atoms with Crippen molar-refractivity contribution in [1.29, 1.82) is 0 Å². The van der Waals surface area contributed by atoms with Crippen LogP contribution in [0.4, 0.5) is 18.9 Å². The molecule has 0 amide bonds. The summed E-state index contributed by atoms with van der Waals surface area (Å²) < 4.78 is 40.8. The highest BCUT2D eigenvalue weighted by Crippen LogP contribution is 2.33. The smallest absolute Gasteiger partial charge is 0.369 e. The molecule has 0 N–H and O–H groups in total. The van der Waals surface area contributed by atoms with E-state index in [0.717, 1.165) is 55.4 Å². The van der Waals surface area contributed by atoms with Crippen molar-refractivity contribution >= 4 is 27.2 Å². The van der Waals surface area contributed by atoms with Crippen molar-refractivity contribution in [1.82, 2.24) is 19.4 Å². The van der Waals surface area contributed by atoms with Crippen LogP contribution >= 0.6 is 11.3 Å². The summed E-state index contributed by atoms with van der Waals surface area (Å²) >= 11 is 1.64. The molecule has 0 bridgehead atoms. The van der Waals surface area contributed by atoms with Crippen molar-refractivity contribution in [2.75, 3.05) is 50.7 Å². The minimum Gasteiger partial charge on any atom is -0.369 e. The molecule has 0 atom stereocenters. The molecule has 0 unspecified atom stereocenters. The van der Waals surface area contributed by atoms with Crippen LogP contribution in [0.2, 0.25) is 0 Å². The van der Waals surface area contributed by atoms with Crippen LogP contribution in [0, 0.1) is 0 Å². The first-order chi connectivity index (χ1) is 16.3. The number of thiophene rings is 1. The van der Waals surface area contributed by atoms with Crippen molar-refractivity contribution in [3.63, 3.8) is 0 Å². The Labute approximate surface area is 200 Å². The van der Waals surface area contributed by atoms with Gasteiger partial charge in [0.05, 0.1) is 17.3 Å². The fourth-order valence-corrected chi connectivity index (χ4v) is 6.08. The number of piperazine rings is 1. The van der Waals surface area contributed by atoms with E-state index < -0.39 is 11.7 Å². The number of likely N-dealkylation sites (N-methyl/N-ethyl adjacent to an activating group) is 1. The fraction of sp³-hybridized carbons (Fsp3) is 0.500. The normalized spacial score (nSPS) is 17.9. The van der Waals surface area contributed by atoms with E-state index >= 15 is 0 Å². The topological polar surface area (TPSA) is 44.6 Å². The zero-order valence-electron chi connectivity index (χ0n) is 19.1. The summed E-state index contributed by atoms with van der Waals surface area (Å²) in [6.45, 7) is 9.07. The monoisotopic (exact) mass is 491 g/mol. The molecule has 0 radical (unpaired) electrons. The van der Waals surface area contributed by atoms with Crippen molar-refractivity contribution in [3.05, 3.63) is 57.0 Å². The van der Waals surface area contributed by atoms with Gasteiger partial charge in [-0.2, -0.15) is 13.2 Å². The number of aromatic nitrogens is 2. The van der Waals surface area contributed by atoms with E-state index in [1.54, 1.807) is 28.3 Å². The summed E-state index contributed by atoms with van der Waals surface area (Å²) in [6.07, 6.45) is -1.79. The van der Waals surface area contributed by atoms with Crippen molar-refractivity contribution in [2.45, 2.75) is 32.6 Å². The van der Waals surface area contributed by atoms with E-state index in [9.17, 15) is 18.0 Å². The van der Waals surface area contributed by atoms with Gasteiger partial charge in [-0.15, -0.1) is 11.3 Å². The number of anilines is 1. The summed E-state index contributed by atoms with van der Waals surface area (Å²) in [6, 6.07) is 5.51.